The predicted molar refractivity (Wildman–Crippen MR) is 65.4 cm³/mol. The van der Waals surface area contributed by atoms with Crippen LogP contribution in [0.5, 0.6) is 0 Å². The Hall–Kier alpha value is -0.960. The second-order valence-electron chi connectivity index (χ2n) is 4.51. The maximum atomic E-state index is 11.8. The molecule has 0 saturated heterocycles. The highest BCUT2D eigenvalue weighted by molar-refractivity contribution is 7.99. The van der Waals surface area contributed by atoms with Gasteiger partial charge in [0, 0.05) is 16.6 Å². The number of rotatable bonds is 2. The van der Waals surface area contributed by atoms with E-state index in [1.165, 1.54) is 10.5 Å². The van der Waals surface area contributed by atoms with Crippen LogP contribution in [-0.4, -0.2) is 11.7 Å². The van der Waals surface area contributed by atoms with Gasteiger partial charge >= 0.3 is 0 Å². The molecule has 0 bridgehead atoms. The Morgan fingerprint density at radius 2 is 2.06 bits per heavy atom. The second-order valence-corrected chi connectivity index (χ2v) is 5.65. The largest absolute Gasteiger partial charge is 0.349 e. The van der Waals surface area contributed by atoms with Crippen molar-refractivity contribution >= 4 is 17.7 Å². The van der Waals surface area contributed by atoms with Crippen LogP contribution in [0.2, 0.25) is 0 Å². The van der Waals surface area contributed by atoms with Gasteiger partial charge in [0.25, 0.3) is 0 Å². The smallest absolute Gasteiger partial charge is 0.223 e. The average Bonchev–Trinajstić information content (AvgIpc) is 3.13. The predicted octanol–water partition coefficient (Wildman–Crippen LogP) is 2.75. The fraction of sp³-hybridized carbons (Fsp3) is 0.462. The first-order chi connectivity index (χ1) is 7.84. The van der Waals surface area contributed by atoms with Gasteiger partial charge in [0.05, 0.1) is 6.04 Å². The van der Waals surface area contributed by atoms with E-state index in [4.69, 9.17) is 0 Å². The highest BCUT2D eigenvalue weighted by atomic mass is 32.2. The summed E-state index contributed by atoms with van der Waals surface area (Å²) in [6.07, 6.45) is 3.21. The van der Waals surface area contributed by atoms with E-state index in [0.29, 0.717) is 5.92 Å². The number of thioether (sulfide) groups is 1. The van der Waals surface area contributed by atoms with E-state index in [-0.39, 0.29) is 11.9 Å². The van der Waals surface area contributed by atoms with Gasteiger partial charge in [-0.1, -0.05) is 18.2 Å². The second kappa shape index (κ2) is 4.13. The monoisotopic (exact) mass is 233 g/mol. The fourth-order valence-electron chi connectivity index (χ4n) is 2.13. The molecule has 2 nitrogen and oxygen atoms in total. The molecule has 1 N–H and O–H groups in total. The quantitative estimate of drug-likeness (QED) is 0.851. The number of benzene rings is 1. The third-order valence-electron chi connectivity index (χ3n) is 3.22. The minimum Gasteiger partial charge on any atom is -0.349 e. The molecule has 1 saturated carbocycles. The van der Waals surface area contributed by atoms with Crippen molar-refractivity contribution in [3.63, 3.8) is 0 Å². The number of hydrogen-bond acceptors (Lipinski definition) is 2. The molecular weight excluding hydrogens is 218 g/mol. The van der Waals surface area contributed by atoms with Crippen LogP contribution in [0.25, 0.3) is 0 Å². The Morgan fingerprint density at radius 1 is 1.25 bits per heavy atom. The molecule has 3 heteroatoms. The Bertz CT molecular complexity index is 414. The third-order valence-corrected chi connectivity index (χ3v) is 4.35. The lowest BCUT2D eigenvalue weighted by molar-refractivity contribution is -0.123. The summed E-state index contributed by atoms with van der Waals surface area (Å²) in [5.41, 5.74) is 1.30. The summed E-state index contributed by atoms with van der Waals surface area (Å²) in [7, 11) is 0. The zero-order valence-electron chi connectivity index (χ0n) is 9.11. The summed E-state index contributed by atoms with van der Waals surface area (Å²) < 4.78 is 0. The molecule has 16 heavy (non-hydrogen) atoms. The molecule has 1 aromatic rings. The van der Waals surface area contributed by atoms with E-state index in [9.17, 15) is 4.79 Å². The third kappa shape index (κ3) is 1.96. The lowest BCUT2D eigenvalue weighted by atomic mass is 10.0. The van der Waals surface area contributed by atoms with Gasteiger partial charge in [-0.3, -0.25) is 4.79 Å². The van der Waals surface area contributed by atoms with Gasteiger partial charge in [-0.25, -0.2) is 0 Å². The maximum absolute atomic E-state index is 11.8. The molecule has 1 amide bonds. The van der Waals surface area contributed by atoms with Crippen LogP contribution < -0.4 is 5.32 Å². The van der Waals surface area contributed by atoms with Crippen LogP contribution in [0.3, 0.4) is 0 Å². The highest BCUT2D eigenvalue weighted by Gasteiger charge is 2.32. The first kappa shape index (κ1) is 10.2. The van der Waals surface area contributed by atoms with Crippen molar-refractivity contribution < 1.29 is 4.79 Å². The molecule has 0 spiro atoms. The van der Waals surface area contributed by atoms with E-state index in [0.717, 1.165) is 25.0 Å². The van der Waals surface area contributed by atoms with Crippen LogP contribution in [0.4, 0.5) is 0 Å². The average molecular weight is 233 g/mol. The number of fused-ring (bicyclic) bond motifs is 1. The SMILES string of the molecule is O=C(N[C@@H]1CCSc2ccccc21)C1CC1. The molecule has 1 aliphatic carbocycles. The molecule has 3 rings (SSSR count). The maximum Gasteiger partial charge on any atom is 0.223 e. The summed E-state index contributed by atoms with van der Waals surface area (Å²) in [5, 5.41) is 3.18. The normalized spacial score (nSPS) is 23.6. The van der Waals surface area contributed by atoms with Crippen LogP contribution in [0.15, 0.2) is 29.2 Å². The van der Waals surface area contributed by atoms with Crippen molar-refractivity contribution in [2.75, 3.05) is 5.75 Å². The molecule has 1 fully saturated rings. The number of nitrogens with one attached hydrogen (secondary N) is 1. The van der Waals surface area contributed by atoms with Gasteiger partial charge in [-0.05, 0) is 30.9 Å². The fourth-order valence-corrected chi connectivity index (χ4v) is 3.25. The molecule has 1 aliphatic heterocycles. The summed E-state index contributed by atoms with van der Waals surface area (Å²) in [5.74, 6) is 1.67. The number of amides is 1. The summed E-state index contributed by atoms with van der Waals surface area (Å²) in [6, 6.07) is 8.65. The first-order valence-corrected chi connectivity index (χ1v) is 6.85. The molecule has 1 heterocycles. The molecule has 84 valence electrons. The summed E-state index contributed by atoms with van der Waals surface area (Å²) >= 11 is 1.89. The van der Waals surface area contributed by atoms with Crippen LogP contribution in [0.1, 0.15) is 30.9 Å². The van der Waals surface area contributed by atoms with Gasteiger partial charge in [0.2, 0.25) is 5.91 Å². The van der Waals surface area contributed by atoms with E-state index in [2.05, 4.69) is 29.6 Å². The Balaban J connectivity index is 1.78. The van der Waals surface area contributed by atoms with Crippen LogP contribution in [-0.2, 0) is 4.79 Å². The number of carbonyl (C=O) groups is 1. The van der Waals surface area contributed by atoms with Gasteiger partial charge in [-0.15, -0.1) is 11.8 Å². The molecule has 1 atom stereocenters. The van der Waals surface area contributed by atoms with Crippen molar-refractivity contribution in [1.29, 1.82) is 0 Å². The Labute approximate surface area is 99.8 Å². The lowest BCUT2D eigenvalue weighted by Gasteiger charge is -2.25. The standard InChI is InChI=1S/C13H15NOS/c15-13(9-5-6-9)14-11-7-8-16-12-4-2-1-3-10(11)12/h1-4,9,11H,5-8H2,(H,14,15)/t11-/m1/s1. The topological polar surface area (TPSA) is 29.1 Å². The molecule has 2 aliphatic rings. The van der Waals surface area contributed by atoms with E-state index in [1.54, 1.807) is 0 Å². The van der Waals surface area contributed by atoms with Crippen LogP contribution in [0, 0.1) is 5.92 Å². The van der Waals surface area contributed by atoms with Gasteiger partial charge in [0.1, 0.15) is 0 Å². The van der Waals surface area contributed by atoms with E-state index in [1.807, 2.05) is 11.8 Å². The van der Waals surface area contributed by atoms with Crippen LogP contribution >= 0.6 is 11.8 Å². The van der Waals surface area contributed by atoms with Crippen molar-refractivity contribution in [2.24, 2.45) is 5.92 Å². The zero-order valence-corrected chi connectivity index (χ0v) is 9.93. The minimum atomic E-state index is 0.241. The molecular formula is C13H15NOS. The van der Waals surface area contributed by atoms with Gasteiger partial charge < -0.3 is 5.32 Å². The van der Waals surface area contributed by atoms with Crippen molar-refractivity contribution in [3.05, 3.63) is 29.8 Å². The number of carbonyl (C=O) groups excluding carboxylic acids is 1. The van der Waals surface area contributed by atoms with Gasteiger partial charge in [0.15, 0.2) is 0 Å². The van der Waals surface area contributed by atoms with Crippen molar-refractivity contribution in [3.8, 4) is 0 Å². The molecule has 0 aromatic heterocycles. The Morgan fingerprint density at radius 3 is 2.88 bits per heavy atom. The lowest BCUT2D eigenvalue weighted by Crippen LogP contribution is -2.31. The first-order valence-electron chi connectivity index (χ1n) is 5.87. The Kier molecular flexibility index (Phi) is 2.64. The zero-order chi connectivity index (χ0) is 11.0. The highest BCUT2D eigenvalue weighted by Crippen LogP contribution is 2.37. The van der Waals surface area contributed by atoms with E-state index >= 15 is 0 Å². The minimum absolute atomic E-state index is 0.241. The molecule has 0 unspecified atom stereocenters. The molecule has 0 radical (unpaired) electrons. The van der Waals surface area contributed by atoms with E-state index < -0.39 is 0 Å². The van der Waals surface area contributed by atoms with Gasteiger partial charge in [-0.2, -0.15) is 0 Å². The van der Waals surface area contributed by atoms with Crippen molar-refractivity contribution in [2.45, 2.75) is 30.2 Å². The molecule has 1 aromatic carbocycles. The van der Waals surface area contributed by atoms with Crippen molar-refractivity contribution in [1.82, 2.24) is 5.32 Å². The summed E-state index contributed by atoms with van der Waals surface area (Å²) in [6.45, 7) is 0. The number of hydrogen-bond donors (Lipinski definition) is 1. The summed E-state index contributed by atoms with van der Waals surface area (Å²) in [4.78, 5) is 13.1.